The van der Waals surface area contributed by atoms with Crippen LogP contribution in [0.3, 0.4) is 0 Å². The average Bonchev–Trinajstić information content (AvgIpc) is 2.65. The zero-order valence-corrected chi connectivity index (χ0v) is 8.56. The maximum atomic E-state index is 5.28. The molecule has 1 fully saturated rings. The van der Waals surface area contributed by atoms with E-state index in [1.807, 2.05) is 6.92 Å². The first-order valence-electron chi connectivity index (χ1n) is 4.89. The summed E-state index contributed by atoms with van der Waals surface area (Å²) >= 11 is 0. The molecule has 0 aliphatic carbocycles. The molecule has 0 bridgehead atoms. The summed E-state index contributed by atoms with van der Waals surface area (Å²) < 4.78 is 10.4. The van der Waals surface area contributed by atoms with Crippen LogP contribution < -0.4 is 0 Å². The summed E-state index contributed by atoms with van der Waals surface area (Å²) in [6.07, 6.45) is 0. The lowest BCUT2D eigenvalue weighted by atomic mass is 10.2. The Morgan fingerprint density at radius 2 is 2.07 bits per heavy atom. The topological polar surface area (TPSA) is 51.4 Å². The van der Waals surface area contributed by atoms with Gasteiger partial charge in [-0.3, -0.25) is 4.90 Å². The van der Waals surface area contributed by atoms with Crippen LogP contribution in [0.4, 0.5) is 0 Å². The molecule has 5 nitrogen and oxygen atoms in total. The molecule has 78 valence electrons. The van der Waals surface area contributed by atoms with Crippen LogP contribution in [0.2, 0.25) is 0 Å². The molecule has 1 atom stereocenters. The second kappa shape index (κ2) is 4.06. The molecule has 1 unspecified atom stereocenters. The van der Waals surface area contributed by atoms with Gasteiger partial charge in [-0.2, -0.15) is 4.98 Å². The van der Waals surface area contributed by atoms with Crippen molar-refractivity contribution in [3.8, 4) is 0 Å². The first-order valence-corrected chi connectivity index (χ1v) is 4.89. The predicted octanol–water partition coefficient (Wildman–Crippen LogP) is 0.771. The smallest absolute Gasteiger partial charge is 0.243 e. The molecule has 14 heavy (non-hydrogen) atoms. The summed E-state index contributed by atoms with van der Waals surface area (Å²) in [7, 11) is 0. The molecular formula is C9H15N3O2. The van der Waals surface area contributed by atoms with E-state index < -0.39 is 0 Å². The molecule has 0 amide bonds. The molecule has 0 radical (unpaired) electrons. The Labute approximate surface area is 83.0 Å². The van der Waals surface area contributed by atoms with E-state index in [0.29, 0.717) is 11.7 Å². The third-order valence-electron chi connectivity index (χ3n) is 2.49. The fraction of sp³-hybridized carbons (Fsp3) is 0.778. The van der Waals surface area contributed by atoms with Gasteiger partial charge >= 0.3 is 0 Å². The SMILES string of the molecule is Cc1noc(C(C)N2CCOCC2)n1. The van der Waals surface area contributed by atoms with Gasteiger partial charge < -0.3 is 9.26 Å². The normalized spacial score (nSPS) is 21.0. The molecule has 1 aliphatic rings. The second-order valence-corrected chi connectivity index (χ2v) is 3.50. The van der Waals surface area contributed by atoms with Crippen molar-refractivity contribution in [2.24, 2.45) is 0 Å². The molecule has 2 rings (SSSR count). The fourth-order valence-corrected chi connectivity index (χ4v) is 1.60. The van der Waals surface area contributed by atoms with Crippen molar-refractivity contribution in [3.63, 3.8) is 0 Å². The Morgan fingerprint density at radius 1 is 1.36 bits per heavy atom. The van der Waals surface area contributed by atoms with Gasteiger partial charge in [0.05, 0.1) is 19.3 Å². The molecular weight excluding hydrogens is 182 g/mol. The minimum atomic E-state index is 0.195. The number of morpholine rings is 1. The van der Waals surface area contributed by atoms with Crippen molar-refractivity contribution >= 4 is 0 Å². The number of ether oxygens (including phenoxy) is 1. The Morgan fingerprint density at radius 3 is 2.64 bits per heavy atom. The van der Waals surface area contributed by atoms with Crippen molar-refractivity contribution in [2.45, 2.75) is 19.9 Å². The van der Waals surface area contributed by atoms with Crippen LogP contribution in [-0.2, 0) is 4.74 Å². The summed E-state index contributed by atoms with van der Waals surface area (Å²) in [5, 5.41) is 3.79. The first kappa shape index (κ1) is 9.61. The lowest BCUT2D eigenvalue weighted by molar-refractivity contribution is 0.0134. The molecule has 0 aromatic carbocycles. The van der Waals surface area contributed by atoms with Gasteiger partial charge in [-0.1, -0.05) is 5.16 Å². The van der Waals surface area contributed by atoms with Gasteiger partial charge in [-0.15, -0.1) is 0 Å². The van der Waals surface area contributed by atoms with Gasteiger partial charge in [0, 0.05) is 13.1 Å². The third-order valence-corrected chi connectivity index (χ3v) is 2.49. The molecule has 1 aromatic heterocycles. The van der Waals surface area contributed by atoms with Gasteiger partial charge in [-0.05, 0) is 13.8 Å². The van der Waals surface area contributed by atoms with Gasteiger partial charge in [0.1, 0.15) is 0 Å². The first-order chi connectivity index (χ1) is 6.77. The lowest BCUT2D eigenvalue weighted by Crippen LogP contribution is -2.38. The highest BCUT2D eigenvalue weighted by Gasteiger charge is 2.22. The van der Waals surface area contributed by atoms with Crippen LogP contribution in [0.25, 0.3) is 0 Å². The van der Waals surface area contributed by atoms with E-state index in [0.717, 1.165) is 26.3 Å². The third kappa shape index (κ3) is 1.93. The van der Waals surface area contributed by atoms with Crippen molar-refractivity contribution in [2.75, 3.05) is 26.3 Å². The van der Waals surface area contributed by atoms with E-state index >= 15 is 0 Å². The van der Waals surface area contributed by atoms with Crippen LogP contribution in [0.1, 0.15) is 24.7 Å². The van der Waals surface area contributed by atoms with Gasteiger partial charge in [-0.25, -0.2) is 0 Å². The Kier molecular flexibility index (Phi) is 2.79. The van der Waals surface area contributed by atoms with Crippen molar-refractivity contribution in [3.05, 3.63) is 11.7 Å². The summed E-state index contributed by atoms with van der Waals surface area (Å²) in [6, 6.07) is 0.195. The van der Waals surface area contributed by atoms with Crippen molar-refractivity contribution in [1.82, 2.24) is 15.0 Å². The van der Waals surface area contributed by atoms with E-state index in [9.17, 15) is 0 Å². The van der Waals surface area contributed by atoms with Crippen molar-refractivity contribution in [1.29, 1.82) is 0 Å². The molecule has 1 aromatic rings. The molecule has 0 saturated carbocycles. The maximum Gasteiger partial charge on any atom is 0.243 e. The number of nitrogens with zero attached hydrogens (tertiary/aromatic N) is 3. The monoisotopic (exact) mass is 197 g/mol. The minimum Gasteiger partial charge on any atom is -0.379 e. The van der Waals surface area contributed by atoms with Gasteiger partial charge in [0.15, 0.2) is 5.82 Å². The highest BCUT2D eigenvalue weighted by atomic mass is 16.5. The molecule has 2 heterocycles. The molecule has 5 heteroatoms. The minimum absolute atomic E-state index is 0.195. The number of hydrogen-bond donors (Lipinski definition) is 0. The Bertz CT molecular complexity index is 294. The van der Waals surface area contributed by atoms with Crippen molar-refractivity contribution < 1.29 is 9.26 Å². The van der Waals surface area contributed by atoms with E-state index in [2.05, 4.69) is 22.0 Å². The fourth-order valence-electron chi connectivity index (χ4n) is 1.60. The van der Waals surface area contributed by atoms with Crippen LogP contribution >= 0.6 is 0 Å². The molecule has 0 N–H and O–H groups in total. The van der Waals surface area contributed by atoms with Crippen LogP contribution in [0.15, 0.2) is 4.52 Å². The number of aromatic nitrogens is 2. The highest BCUT2D eigenvalue weighted by molar-refractivity contribution is 4.90. The molecule has 0 spiro atoms. The Hall–Kier alpha value is -0.940. The Balaban J connectivity index is 2.03. The zero-order valence-electron chi connectivity index (χ0n) is 8.56. The van der Waals surface area contributed by atoms with E-state index in [4.69, 9.17) is 9.26 Å². The lowest BCUT2D eigenvalue weighted by Gasteiger charge is -2.29. The van der Waals surface area contributed by atoms with Crippen LogP contribution in [-0.4, -0.2) is 41.3 Å². The van der Waals surface area contributed by atoms with Gasteiger partial charge in [0.25, 0.3) is 0 Å². The largest absolute Gasteiger partial charge is 0.379 e. The van der Waals surface area contributed by atoms with E-state index in [-0.39, 0.29) is 6.04 Å². The second-order valence-electron chi connectivity index (χ2n) is 3.50. The summed E-state index contributed by atoms with van der Waals surface area (Å²) in [4.78, 5) is 6.51. The summed E-state index contributed by atoms with van der Waals surface area (Å²) in [5.74, 6) is 1.39. The predicted molar refractivity (Wildman–Crippen MR) is 49.8 cm³/mol. The number of aryl methyl sites for hydroxylation is 1. The van der Waals surface area contributed by atoms with Crippen LogP contribution in [0.5, 0.6) is 0 Å². The van der Waals surface area contributed by atoms with E-state index in [1.165, 1.54) is 0 Å². The van der Waals surface area contributed by atoms with Crippen LogP contribution in [0, 0.1) is 6.92 Å². The summed E-state index contributed by atoms with van der Waals surface area (Å²) in [5.41, 5.74) is 0. The van der Waals surface area contributed by atoms with Gasteiger partial charge in [0.2, 0.25) is 5.89 Å². The average molecular weight is 197 g/mol. The number of rotatable bonds is 2. The van der Waals surface area contributed by atoms with E-state index in [1.54, 1.807) is 0 Å². The highest BCUT2D eigenvalue weighted by Crippen LogP contribution is 2.18. The molecule has 1 aliphatic heterocycles. The standard InChI is InChI=1S/C9H15N3O2/c1-7(9-10-8(2)11-14-9)12-3-5-13-6-4-12/h7H,3-6H2,1-2H3. The molecule has 1 saturated heterocycles. The quantitative estimate of drug-likeness (QED) is 0.701. The zero-order chi connectivity index (χ0) is 9.97. The maximum absolute atomic E-state index is 5.28. The number of hydrogen-bond acceptors (Lipinski definition) is 5. The summed E-state index contributed by atoms with van der Waals surface area (Å²) in [6.45, 7) is 7.36.